The van der Waals surface area contributed by atoms with E-state index in [2.05, 4.69) is 20.7 Å². The van der Waals surface area contributed by atoms with E-state index < -0.39 is 0 Å². The Morgan fingerprint density at radius 2 is 1.59 bits per heavy atom. The largest absolute Gasteiger partial charge is 0.399 e. The summed E-state index contributed by atoms with van der Waals surface area (Å²) < 4.78 is 0. The summed E-state index contributed by atoms with van der Waals surface area (Å²) in [6.07, 6.45) is 4.45. The lowest BCUT2D eigenvalue weighted by atomic mass is 10.1. The molecule has 0 radical (unpaired) electrons. The van der Waals surface area contributed by atoms with Gasteiger partial charge in [0.15, 0.2) is 0 Å². The number of fused-ring (bicyclic) bond motifs is 1. The monoisotopic (exact) mass is 488 g/mol. The molecule has 5 aromatic rings. The number of carbonyl (C=O) groups excluding carboxylic acids is 2. The van der Waals surface area contributed by atoms with Crippen LogP contribution >= 0.6 is 0 Å². The number of nitrogens with one attached hydrogen (secondary N) is 2. The summed E-state index contributed by atoms with van der Waals surface area (Å²) in [4.78, 5) is 34.9. The van der Waals surface area contributed by atoms with Gasteiger partial charge in [0.1, 0.15) is 12.0 Å². The van der Waals surface area contributed by atoms with E-state index >= 15 is 0 Å². The van der Waals surface area contributed by atoms with E-state index in [1.54, 1.807) is 48.5 Å². The molecule has 0 aliphatic heterocycles. The molecule has 4 aromatic carbocycles. The zero-order valence-electron chi connectivity index (χ0n) is 20.1. The van der Waals surface area contributed by atoms with Gasteiger partial charge in [-0.3, -0.25) is 15.0 Å². The minimum atomic E-state index is -0.350. The highest BCUT2D eigenvalue weighted by Gasteiger charge is 2.21. The van der Waals surface area contributed by atoms with Gasteiger partial charge in [0, 0.05) is 22.5 Å². The van der Waals surface area contributed by atoms with Gasteiger partial charge in [-0.25, -0.2) is 15.0 Å². The number of nitrogens with zero attached hydrogens (tertiary/aromatic N) is 3. The van der Waals surface area contributed by atoms with Crippen LogP contribution in [-0.4, -0.2) is 21.8 Å². The first-order chi connectivity index (χ1) is 18.0. The Kier molecular flexibility index (Phi) is 6.46. The molecule has 8 nitrogen and oxygen atoms in total. The molecule has 0 unspecified atom stereocenters. The fourth-order valence-electron chi connectivity index (χ4n) is 3.96. The molecule has 2 amide bonds. The van der Waals surface area contributed by atoms with Gasteiger partial charge < -0.3 is 11.1 Å². The van der Waals surface area contributed by atoms with Crippen LogP contribution in [0.5, 0.6) is 0 Å². The molecule has 5 rings (SSSR count). The van der Waals surface area contributed by atoms with Crippen molar-refractivity contribution in [3.8, 4) is 0 Å². The second-order valence-corrected chi connectivity index (χ2v) is 8.52. The summed E-state index contributed by atoms with van der Waals surface area (Å²) in [5.74, 6) is -0.615. The Morgan fingerprint density at radius 3 is 2.38 bits per heavy atom. The van der Waals surface area contributed by atoms with Crippen molar-refractivity contribution in [3.63, 3.8) is 0 Å². The number of benzene rings is 4. The predicted molar refractivity (Wildman–Crippen MR) is 146 cm³/mol. The van der Waals surface area contributed by atoms with Gasteiger partial charge >= 0.3 is 0 Å². The summed E-state index contributed by atoms with van der Waals surface area (Å²) in [5.41, 5.74) is 12.8. The van der Waals surface area contributed by atoms with Crippen LogP contribution in [0.25, 0.3) is 10.8 Å². The van der Waals surface area contributed by atoms with Gasteiger partial charge in [-0.2, -0.15) is 0 Å². The van der Waals surface area contributed by atoms with Gasteiger partial charge in [0.05, 0.1) is 18.1 Å². The molecule has 0 saturated carbocycles. The topological polar surface area (TPSA) is 113 Å². The summed E-state index contributed by atoms with van der Waals surface area (Å²) in [5, 5.41) is 6.29. The molecule has 1 aromatic heterocycles. The highest BCUT2D eigenvalue weighted by atomic mass is 16.2. The summed E-state index contributed by atoms with van der Waals surface area (Å²) in [7, 11) is 0. The van der Waals surface area contributed by atoms with Crippen molar-refractivity contribution in [2.75, 3.05) is 21.5 Å². The van der Waals surface area contributed by atoms with Crippen LogP contribution < -0.4 is 21.5 Å². The number of hydrazine groups is 1. The van der Waals surface area contributed by atoms with Crippen molar-refractivity contribution in [2.24, 2.45) is 0 Å². The third kappa shape index (κ3) is 5.23. The predicted octanol–water partition coefficient (Wildman–Crippen LogP) is 5.45. The molecule has 1 heterocycles. The zero-order valence-corrected chi connectivity index (χ0v) is 20.1. The molecule has 182 valence electrons. The first-order valence-electron chi connectivity index (χ1n) is 11.6. The number of rotatable bonds is 6. The molecule has 0 spiro atoms. The number of anilines is 4. The SMILES string of the molecule is Cc1ccc(NC(=O)c2ccc3ccccc3c2)cc1C(=O)N(Nc1cccc(N)c1)c1cncnc1. The first kappa shape index (κ1) is 23.5. The lowest BCUT2D eigenvalue weighted by molar-refractivity contribution is 0.0989. The van der Waals surface area contributed by atoms with Crippen LogP contribution in [0.1, 0.15) is 26.3 Å². The van der Waals surface area contributed by atoms with Gasteiger partial charge in [-0.1, -0.05) is 42.5 Å². The van der Waals surface area contributed by atoms with Crippen LogP contribution in [0.15, 0.2) is 104 Å². The maximum absolute atomic E-state index is 13.8. The lowest BCUT2D eigenvalue weighted by Crippen LogP contribution is -2.37. The number of nitrogen functional groups attached to an aromatic ring is 1. The average molecular weight is 489 g/mol. The summed E-state index contributed by atoms with van der Waals surface area (Å²) in [6, 6.07) is 25.7. The molecule has 0 fully saturated rings. The van der Waals surface area contributed by atoms with Gasteiger partial charge in [0.25, 0.3) is 11.8 Å². The van der Waals surface area contributed by atoms with Crippen LogP contribution in [0, 0.1) is 6.92 Å². The van der Waals surface area contributed by atoms with Gasteiger partial charge in [-0.15, -0.1) is 0 Å². The van der Waals surface area contributed by atoms with Crippen molar-refractivity contribution in [3.05, 3.63) is 120 Å². The molecule has 0 aliphatic rings. The number of aromatic nitrogens is 2. The van der Waals surface area contributed by atoms with Crippen molar-refractivity contribution in [1.82, 2.24) is 9.97 Å². The van der Waals surface area contributed by atoms with Crippen molar-refractivity contribution < 1.29 is 9.59 Å². The highest BCUT2D eigenvalue weighted by molar-refractivity contribution is 6.10. The average Bonchev–Trinajstić information content (AvgIpc) is 2.92. The molecular weight excluding hydrogens is 464 g/mol. The van der Waals surface area contributed by atoms with E-state index in [4.69, 9.17) is 5.73 Å². The Morgan fingerprint density at radius 1 is 0.811 bits per heavy atom. The van der Waals surface area contributed by atoms with Crippen LogP contribution in [0.4, 0.5) is 22.7 Å². The molecule has 4 N–H and O–H groups in total. The second kappa shape index (κ2) is 10.2. The summed E-state index contributed by atoms with van der Waals surface area (Å²) in [6.45, 7) is 1.84. The van der Waals surface area contributed by atoms with Gasteiger partial charge in [0.2, 0.25) is 0 Å². The van der Waals surface area contributed by atoms with E-state index in [9.17, 15) is 9.59 Å². The summed E-state index contributed by atoms with van der Waals surface area (Å²) >= 11 is 0. The fraction of sp³-hybridized carbons (Fsp3) is 0.0345. The Labute approximate surface area is 213 Å². The second-order valence-electron chi connectivity index (χ2n) is 8.52. The number of carbonyl (C=O) groups is 2. The molecule has 0 saturated heterocycles. The van der Waals surface area contributed by atoms with Crippen molar-refractivity contribution in [2.45, 2.75) is 6.92 Å². The maximum Gasteiger partial charge on any atom is 0.277 e. The number of amides is 2. The highest BCUT2D eigenvalue weighted by Crippen LogP contribution is 2.24. The molecular formula is C29H24N6O2. The Bertz CT molecular complexity index is 1600. The first-order valence-corrected chi connectivity index (χ1v) is 11.6. The molecule has 37 heavy (non-hydrogen) atoms. The number of nitrogens with two attached hydrogens (primary N) is 1. The van der Waals surface area contributed by atoms with Crippen LogP contribution in [0.2, 0.25) is 0 Å². The Balaban J connectivity index is 1.44. The van der Waals surface area contributed by atoms with Crippen LogP contribution in [-0.2, 0) is 0 Å². The van der Waals surface area contributed by atoms with Crippen molar-refractivity contribution in [1.29, 1.82) is 0 Å². The quantitative estimate of drug-likeness (QED) is 0.216. The molecule has 8 heteroatoms. The number of hydrogen-bond donors (Lipinski definition) is 3. The minimum Gasteiger partial charge on any atom is -0.399 e. The lowest BCUT2D eigenvalue weighted by Gasteiger charge is -2.25. The molecule has 0 aliphatic carbocycles. The van der Waals surface area contributed by atoms with E-state index in [-0.39, 0.29) is 11.8 Å². The third-order valence-corrected chi connectivity index (χ3v) is 5.87. The van der Waals surface area contributed by atoms with E-state index in [0.717, 1.165) is 16.3 Å². The standard InChI is InChI=1S/C29H24N6O2/c1-19-9-12-24(33-28(36)22-11-10-20-5-2-3-6-21(20)13-22)15-27(19)29(37)35(26-16-31-18-32-17-26)34-25-8-4-7-23(30)14-25/h2-18,34H,30H2,1H3,(H,33,36). The normalized spacial score (nSPS) is 10.6. The van der Waals surface area contributed by atoms with Gasteiger partial charge in [-0.05, 0) is 65.7 Å². The molecule has 0 bridgehead atoms. The third-order valence-electron chi connectivity index (χ3n) is 5.87. The van der Waals surface area contributed by atoms with Crippen LogP contribution in [0.3, 0.4) is 0 Å². The maximum atomic E-state index is 13.8. The smallest absolute Gasteiger partial charge is 0.277 e. The van der Waals surface area contributed by atoms with E-state index in [1.807, 2.05) is 43.3 Å². The number of aryl methyl sites for hydroxylation is 1. The minimum absolute atomic E-state index is 0.265. The van der Waals surface area contributed by atoms with E-state index in [1.165, 1.54) is 23.7 Å². The van der Waals surface area contributed by atoms with E-state index in [0.29, 0.717) is 33.9 Å². The fourth-order valence-corrected chi connectivity index (χ4v) is 3.96. The number of hydrogen-bond acceptors (Lipinski definition) is 6. The zero-order chi connectivity index (χ0) is 25.8. The van der Waals surface area contributed by atoms with Crippen molar-refractivity contribution >= 4 is 45.3 Å². The molecule has 0 atom stereocenters. The Hall–Kier alpha value is -5.24.